The van der Waals surface area contributed by atoms with Crippen molar-refractivity contribution in [2.24, 2.45) is 0 Å². The fourth-order valence-corrected chi connectivity index (χ4v) is 8.08. The van der Waals surface area contributed by atoms with Crippen molar-refractivity contribution >= 4 is 11.9 Å². The highest BCUT2D eigenvalue weighted by Gasteiger charge is 2.44. The molecular weight excluding hydrogens is 871 g/mol. The summed E-state index contributed by atoms with van der Waals surface area (Å²) in [6, 6.07) is -0.847. The minimum absolute atomic E-state index is 0.0436. The second-order valence-corrected chi connectivity index (χ2v) is 18.9. The highest BCUT2D eigenvalue weighted by molar-refractivity contribution is 5.76. The van der Waals surface area contributed by atoms with Gasteiger partial charge in [0.15, 0.2) is 6.29 Å². The van der Waals surface area contributed by atoms with Crippen molar-refractivity contribution in [3.8, 4) is 0 Å². The molecule has 0 spiro atoms. The summed E-state index contributed by atoms with van der Waals surface area (Å²) in [6.45, 7) is 4.11. The number of unbranched alkanes of at least 4 members (excludes halogenated alkanes) is 22. The molecular formula is C58H101NO10. The molecule has 7 atom stereocenters. The summed E-state index contributed by atoms with van der Waals surface area (Å²) in [6.07, 6.45) is 51.4. The lowest BCUT2D eigenvalue weighted by Gasteiger charge is -2.40. The highest BCUT2D eigenvalue weighted by atomic mass is 16.7. The van der Waals surface area contributed by atoms with Crippen LogP contribution in [0.2, 0.25) is 0 Å². The van der Waals surface area contributed by atoms with Crippen LogP contribution in [0.3, 0.4) is 0 Å². The van der Waals surface area contributed by atoms with Gasteiger partial charge in [0.1, 0.15) is 24.4 Å². The number of aliphatic hydroxyl groups is 5. The molecule has 1 aliphatic rings. The Morgan fingerprint density at radius 3 is 1.59 bits per heavy atom. The summed E-state index contributed by atoms with van der Waals surface area (Å²) >= 11 is 0. The number of allylic oxidation sites excluding steroid dienone is 11. The molecule has 69 heavy (non-hydrogen) atoms. The van der Waals surface area contributed by atoms with Gasteiger partial charge in [-0.25, -0.2) is 0 Å². The number of nitrogens with one attached hydrogen (secondary N) is 1. The largest absolute Gasteiger partial charge is 0.466 e. The molecule has 0 radical (unpaired) electrons. The lowest BCUT2D eigenvalue weighted by atomic mass is 9.99. The SMILES string of the molecule is CC/C=C/CC/C=C/CC/C=C/C(O)C(COC1OC(CO)C(O)C(O)C1O)NC(=O)CCCCCCCCC/C=C\C/C=C\CCCCCOC(=O)CCCCCCC/C=C\CCCCCCC. The summed E-state index contributed by atoms with van der Waals surface area (Å²) in [5.74, 6) is -0.261. The van der Waals surface area contributed by atoms with Crippen LogP contribution in [0.25, 0.3) is 0 Å². The molecule has 398 valence electrons. The number of hydrogen-bond donors (Lipinski definition) is 6. The normalized spacial score (nSPS) is 19.9. The van der Waals surface area contributed by atoms with Gasteiger partial charge in [0.2, 0.25) is 5.91 Å². The first kappa shape index (κ1) is 64.1. The van der Waals surface area contributed by atoms with Gasteiger partial charge in [0.05, 0.1) is 32.0 Å². The molecule has 0 aromatic rings. The third-order valence-corrected chi connectivity index (χ3v) is 12.5. The molecule has 1 fully saturated rings. The fraction of sp³-hybridized carbons (Fsp3) is 0.759. The van der Waals surface area contributed by atoms with Gasteiger partial charge in [0.25, 0.3) is 0 Å². The van der Waals surface area contributed by atoms with E-state index in [-0.39, 0.29) is 18.5 Å². The zero-order valence-corrected chi connectivity index (χ0v) is 43.5. The molecule has 1 amide bonds. The van der Waals surface area contributed by atoms with Crippen LogP contribution in [-0.4, -0.2) is 100 Å². The molecule has 1 heterocycles. The minimum Gasteiger partial charge on any atom is -0.466 e. The lowest BCUT2D eigenvalue weighted by Crippen LogP contribution is -2.60. The van der Waals surface area contributed by atoms with Crippen LogP contribution in [0.5, 0.6) is 0 Å². The van der Waals surface area contributed by atoms with E-state index in [1.54, 1.807) is 6.08 Å². The molecule has 11 heteroatoms. The molecule has 0 saturated carbocycles. The number of esters is 1. The van der Waals surface area contributed by atoms with E-state index in [1.165, 1.54) is 83.5 Å². The standard InChI is InChI=1S/C58H101NO10/c1-3-5-7-9-11-13-15-16-23-26-30-34-38-42-46-54(63)67-47-43-39-35-31-27-24-21-19-17-18-20-22-25-29-33-37-41-45-53(62)59-50(49-68-58-57(66)56(65)55(64)52(48-60)69-58)51(61)44-40-36-32-28-14-12-10-8-6-4-2/h6,8,14-17,19,24,27-28,40,44,50-52,55-58,60-61,64-66H,3-5,7,9-13,18,20-23,25-26,29-39,41-43,45-49H2,1-2H3,(H,59,62)/b8-6+,16-15-,19-17-,27-24-,28-14+,44-40+. The van der Waals surface area contributed by atoms with E-state index in [9.17, 15) is 35.1 Å². The first-order valence-corrected chi connectivity index (χ1v) is 27.7. The van der Waals surface area contributed by atoms with Crippen LogP contribution in [0, 0.1) is 0 Å². The molecule has 7 unspecified atom stereocenters. The van der Waals surface area contributed by atoms with Gasteiger partial charge in [-0.2, -0.15) is 0 Å². The van der Waals surface area contributed by atoms with Gasteiger partial charge in [-0.3, -0.25) is 9.59 Å². The maximum atomic E-state index is 13.0. The smallest absolute Gasteiger partial charge is 0.305 e. The Hall–Kier alpha value is -2.90. The van der Waals surface area contributed by atoms with Crippen molar-refractivity contribution in [3.05, 3.63) is 72.9 Å². The third-order valence-electron chi connectivity index (χ3n) is 12.5. The first-order valence-electron chi connectivity index (χ1n) is 27.7. The molecule has 0 aliphatic carbocycles. The Balaban J connectivity index is 2.13. The van der Waals surface area contributed by atoms with E-state index in [1.807, 2.05) is 6.08 Å². The Morgan fingerprint density at radius 2 is 1.03 bits per heavy atom. The monoisotopic (exact) mass is 972 g/mol. The molecule has 1 rings (SSSR count). The molecule has 0 aromatic heterocycles. The van der Waals surface area contributed by atoms with E-state index < -0.39 is 49.5 Å². The number of carbonyl (C=O) groups excluding carboxylic acids is 2. The number of rotatable bonds is 46. The van der Waals surface area contributed by atoms with Gasteiger partial charge < -0.3 is 45.1 Å². The van der Waals surface area contributed by atoms with E-state index >= 15 is 0 Å². The highest BCUT2D eigenvalue weighted by Crippen LogP contribution is 2.23. The van der Waals surface area contributed by atoms with Gasteiger partial charge in [-0.15, -0.1) is 0 Å². The Kier molecular flexibility index (Phi) is 44.1. The number of carbonyl (C=O) groups is 2. The van der Waals surface area contributed by atoms with E-state index in [4.69, 9.17) is 14.2 Å². The summed E-state index contributed by atoms with van der Waals surface area (Å²) in [5.41, 5.74) is 0. The predicted molar refractivity (Wildman–Crippen MR) is 283 cm³/mol. The summed E-state index contributed by atoms with van der Waals surface area (Å²) in [5, 5.41) is 54.1. The summed E-state index contributed by atoms with van der Waals surface area (Å²) < 4.78 is 16.6. The van der Waals surface area contributed by atoms with Crippen LogP contribution in [0.1, 0.15) is 219 Å². The Bertz CT molecular complexity index is 1380. The average molecular weight is 972 g/mol. The van der Waals surface area contributed by atoms with Crippen molar-refractivity contribution < 1.29 is 49.3 Å². The molecule has 0 aromatic carbocycles. The van der Waals surface area contributed by atoms with Gasteiger partial charge in [0, 0.05) is 12.8 Å². The van der Waals surface area contributed by atoms with Gasteiger partial charge >= 0.3 is 5.97 Å². The maximum absolute atomic E-state index is 13.0. The molecule has 1 aliphatic heterocycles. The fourth-order valence-electron chi connectivity index (χ4n) is 8.08. The number of ether oxygens (including phenoxy) is 3. The van der Waals surface area contributed by atoms with Crippen LogP contribution in [0.15, 0.2) is 72.9 Å². The van der Waals surface area contributed by atoms with Crippen LogP contribution in [0.4, 0.5) is 0 Å². The quantitative estimate of drug-likeness (QED) is 0.0196. The van der Waals surface area contributed by atoms with E-state index in [0.717, 1.165) is 103 Å². The topological polar surface area (TPSA) is 175 Å². The molecule has 0 bridgehead atoms. The maximum Gasteiger partial charge on any atom is 0.305 e. The zero-order valence-electron chi connectivity index (χ0n) is 43.5. The first-order chi connectivity index (χ1) is 33.7. The van der Waals surface area contributed by atoms with E-state index in [0.29, 0.717) is 25.9 Å². The molecule has 11 nitrogen and oxygen atoms in total. The van der Waals surface area contributed by atoms with Gasteiger partial charge in [-0.05, 0) is 116 Å². The lowest BCUT2D eigenvalue weighted by molar-refractivity contribution is -0.302. The minimum atomic E-state index is -1.59. The summed E-state index contributed by atoms with van der Waals surface area (Å²) in [7, 11) is 0. The van der Waals surface area contributed by atoms with Crippen molar-refractivity contribution in [1.29, 1.82) is 0 Å². The van der Waals surface area contributed by atoms with Crippen molar-refractivity contribution in [1.82, 2.24) is 5.32 Å². The molecule has 6 N–H and O–H groups in total. The van der Waals surface area contributed by atoms with Crippen molar-refractivity contribution in [3.63, 3.8) is 0 Å². The second-order valence-electron chi connectivity index (χ2n) is 18.9. The van der Waals surface area contributed by atoms with E-state index in [2.05, 4.69) is 79.9 Å². The van der Waals surface area contributed by atoms with Crippen molar-refractivity contribution in [2.45, 2.75) is 262 Å². The van der Waals surface area contributed by atoms with Crippen LogP contribution >= 0.6 is 0 Å². The Labute approximate surface area is 420 Å². The number of amides is 1. The number of hydrogen-bond acceptors (Lipinski definition) is 10. The number of aliphatic hydroxyl groups excluding tert-OH is 5. The van der Waals surface area contributed by atoms with Crippen molar-refractivity contribution in [2.75, 3.05) is 19.8 Å². The predicted octanol–water partition coefficient (Wildman–Crippen LogP) is 12.1. The molecule has 1 saturated heterocycles. The third kappa shape index (κ3) is 37.5. The summed E-state index contributed by atoms with van der Waals surface area (Å²) in [4.78, 5) is 25.0. The van der Waals surface area contributed by atoms with Gasteiger partial charge in [-0.1, -0.05) is 164 Å². The Morgan fingerprint density at radius 1 is 0.551 bits per heavy atom. The second kappa shape index (κ2) is 47.4. The average Bonchev–Trinajstić information content (AvgIpc) is 3.34. The zero-order chi connectivity index (χ0) is 50.3. The van der Waals surface area contributed by atoms with Crippen LogP contribution < -0.4 is 5.32 Å². The van der Waals surface area contributed by atoms with Crippen LogP contribution in [-0.2, 0) is 23.8 Å².